The quantitative estimate of drug-likeness (QED) is 0.551. The molecule has 0 saturated heterocycles. The third-order valence-corrected chi connectivity index (χ3v) is 0.726. The van der Waals surface area contributed by atoms with E-state index in [1.165, 1.54) is 6.26 Å². The summed E-state index contributed by atoms with van der Waals surface area (Å²) in [6.45, 7) is 0. The van der Waals surface area contributed by atoms with Gasteiger partial charge in [-0.1, -0.05) is 5.16 Å². The van der Waals surface area contributed by atoms with Crippen molar-refractivity contribution < 1.29 is 4.52 Å². The van der Waals surface area contributed by atoms with Crippen molar-refractivity contribution in [2.45, 2.75) is 0 Å². The molecule has 0 N–H and O–H groups in total. The molecule has 1 heterocycles. The van der Waals surface area contributed by atoms with Crippen LogP contribution in [0.15, 0.2) is 15.3 Å². The zero-order valence-electron chi connectivity index (χ0n) is 2.81. The Morgan fingerprint density at radius 2 is 2.83 bits per heavy atom. The highest BCUT2D eigenvalue weighted by atomic mass is 79.9. The molecule has 0 unspecified atom stereocenters. The molecule has 0 saturated carbocycles. The molecule has 1 aromatic rings. The molecule has 3 heteroatoms. The lowest BCUT2D eigenvalue weighted by molar-refractivity contribution is 0.418. The molecule has 0 aliphatic rings. The fourth-order valence-corrected chi connectivity index (χ4v) is 0.325. The lowest BCUT2D eigenvalue weighted by atomic mass is 10.8. The highest BCUT2D eigenvalue weighted by Gasteiger charge is 1.82. The van der Waals surface area contributed by atoms with E-state index in [4.69, 9.17) is 0 Å². The maximum atomic E-state index is 4.36. The summed E-state index contributed by atoms with van der Waals surface area (Å²) in [6.07, 6.45) is 3.96. The van der Waals surface area contributed by atoms with E-state index in [1.54, 1.807) is 0 Å². The number of hydrogen-bond donors (Lipinski definition) is 0. The fourth-order valence-electron chi connectivity index (χ4n) is 0.169. The smallest absolute Gasteiger partial charge is 0.151 e. The number of aromatic nitrogens is 1. The first-order chi connectivity index (χ1) is 2.89. The van der Waals surface area contributed by atoms with Crippen molar-refractivity contribution in [3.05, 3.63) is 16.9 Å². The van der Waals surface area contributed by atoms with Crippen molar-refractivity contribution in [2.24, 2.45) is 0 Å². The van der Waals surface area contributed by atoms with Crippen molar-refractivity contribution in [1.29, 1.82) is 0 Å². The van der Waals surface area contributed by atoms with Gasteiger partial charge in [-0.2, -0.15) is 0 Å². The van der Waals surface area contributed by atoms with Gasteiger partial charge < -0.3 is 4.52 Å². The van der Waals surface area contributed by atoms with Crippen LogP contribution in [-0.4, -0.2) is 5.16 Å². The molecular formula is C3HBrNO. The molecule has 0 fully saturated rings. The zero-order valence-corrected chi connectivity index (χ0v) is 4.40. The van der Waals surface area contributed by atoms with Crippen LogP contribution in [0.5, 0.6) is 0 Å². The van der Waals surface area contributed by atoms with E-state index in [1.807, 2.05) is 0 Å². The van der Waals surface area contributed by atoms with Gasteiger partial charge in [-0.3, -0.25) is 0 Å². The number of rotatable bonds is 0. The molecule has 31 valence electrons. The second-order valence-corrected chi connectivity index (χ2v) is 1.63. The predicted octanol–water partition coefficient (Wildman–Crippen LogP) is 1.24. The van der Waals surface area contributed by atoms with Crippen molar-refractivity contribution >= 4 is 15.9 Å². The topological polar surface area (TPSA) is 26.0 Å². The van der Waals surface area contributed by atoms with Crippen molar-refractivity contribution in [2.75, 3.05) is 0 Å². The van der Waals surface area contributed by atoms with Crippen molar-refractivity contribution in [3.63, 3.8) is 0 Å². The van der Waals surface area contributed by atoms with E-state index in [0.717, 1.165) is 4.47 Å². The fraction of sp³-hybridized carbons (Fsp3) is 0. The maximum Gasteiger partial charge on any atom is 0.151 e. The van der Waals surface area contributed by atoms with Gasteiger partial charge in [0.2, 0.25) is 0 Å². The Hall–Kier alpha value is -0.310. The van der Waals surface area contributed by atoms with Crippen molar-refractivity contribution in [3.8, 4) is 0 Å². The van der Waals surface area contributed by atoms with Gasteiger partial charge in [0.25, 0.3) is 0 Å². The van der Waals surface area contributed by atoms with Crippen LogP contribution in [0.4, 0.5) is 0 Å². The molecule has 0 aliphatic carbocycles. The summed E-state index contributed by atoms with van der Waals surface area (Å²) in [6, 6.07) is 0. The number of nitrogens with zero attached hydrogens (tertiary/aromatic N) is 1. The average molecular weight is 147 g/mol. The monoisotopic (exact) mass is 146 g/mol. The minimum Gasteiger partial charge on any atom is -0.363 e. The van der Waals surface area contributed by atoms with E-state index >= 15 is 0 Å². The van der Waals surface area contributed by atoms with Crippen LogP contribution >= 0.6 is 15.9 Å². The van der Waals surface area contributed by atoms with Crippen LogP contribution in [0.2, 0.25) is 0 Å². The summed E-state index contributed by atoms with van der Waals surface area (Å²) in [5.74, 6) is 0. The summed E-state index contributed by atoms with van der Waals surface area (Å²) in [5, 5.41) is 3.27. The second-order valence-electron chi connectivity index (χ2n) is 0.774. The Morgan fingerprint density at radius 3 is 3.00 bits per heavy atom. The van der Waals surface area contributed by atoms with Gasteiger partial charge in [-0.05, 0) is 15.9 Å². The third kappa shape index (κ3) is 0.597. The van der Waals surface area contributed by atoms with Crippen LogP contribution in [0, 0.1) is 6.20 Å². The molecule has 1 radical (unpaired) electrons. The molecule has 2 nitrogen and oxygen atoms in total. The Labute approximate surface area is 43.3 Å². The van der Waals surface area contributed by atoms with Gasteiger partial charge in [0.05, 0.1) is 4.47 Å². The molecule has 0 bridgehead atoms. The Bertz CT molecular complexity index is 114. The van der Waals surface area contributed by atoms with Crippen LogP contribution in [-0.2, 0) is 0 Å². The third-order valence-electron chi connectivity index (χ3n) is 0.361. The summed E-state index contributed by atoms with van der Waals surface area (Å²) >= 11 is 3.07. The minimum absolute atomic E-state index is 0.752. The predicted molar refractivity (Wildman–Crippen MR) is 23.0 cm³/mol. The van der Waals surface area contributed by atoms with E-state index in [0.29, 0.717) is 0 Å². The van der Waals surface area contributed by atoms with Gasteiger partial charge in [0.1, 0.15) is 6.26 Å². The van der Waals surface area contributed by atoms with Crippen molar-refractivity contribution in [1.82, 2.24) is 5.16 Å². The van der Waals surface area contributed by atoms with Gasteiger partial charge in [-0.25, -0.2) is 0 Å². The maximum absolute atomic E-state index is 4.36. The van der Waals surface area contributed by atoms with Crippen LogP contribution in [0.25, 0.3) is 0 Å². The Kier molecular flexibility index (Phi) is 0.919. The van der Waals surface area contributed by atoms with E-state index in [-0.39, 0.29) is 0 Å². The number of hydrogen-bond acceptors (Lipinski definition) is 2. The molecule has 0 atom stereocenters. The van der Waals surface area contributed by atoms with Gasteiger partial charge in [-0.15, -0.1) is 0 Å². The first-order valence-corrected chi connectivity index (χ1v) is 2.16. The molecule has 0 aliphatic heterocycles. The molecular weight excluding hydrogens is 146 g/mol. The van der Waals surface area contributed by atoms with Crippen LogP contribution < -0.4 is 0 Å². The van der Waals surface area contributed by atoms with E-state index < -0.39 is 0 Å². The SMILES string of the molecule is Brc1[c]noc1. The van der Waals surface area contributed by atoms with Gasteiger partial charge in [0.15, 0.2) is 6.20 Å². The van der Waals surface area contributed by atoms with E-state index in [2.05, 4.69) is 31.8 Å². The summed E-state index contributed by atoms with van der Waals surface area (Å²) in [5.41, 5.74) is 0. The second kappa shape index (κ2) is 1.43. The summed E-state index contributed by atoms with van der Waals surface area (Å²) < 4.78 is 5.11. The molecule has 1 rings (SSSR count). The Balaban J connectivity index is 3.05. The highest BCUT2D eigenvalue weighted by molar-refractivity contribution is 9.10. The largest absolute Gasteiger partial charge is 0.363 e. The highest BCUT2D eigenvalue weighted by Crippen LogP contribution is 2.02. The molecule has 0 aromatic carbocycles. The average Bonchev–Trinajstić information content (AvgIpc) is 1.86. The first kappa shape index (κ1) is 3.87. The first-order valence-electron chi connectivity index (χ1n) is 1.37. The molecule has 0 spiro atoms. The Morgan fingerprint density at radius 1 is 2.00 bits per heavy atom. The van der Waals surface area contributed by atoms with E-state index in [9.17, 15) is 0 Å². The van der Waals surface area contributed by atoms with Crippen LogP contribution in [0.1, 0.15) is 0 Å². The summed E-state index contributed by atoms with van der Waals surface area (Å²) in [7, 11) is 0. The number of halogens is 1. The zero-order chi connectivity index (χ0) is 4.41. The lowest BCUT2D eigenvalue weighted by Gasteiger charge is -1.55. The van der Waals surface area contributed by atoms with Crippen LogP contribution in [0.3, 0.4) is 0 Å². The lowest BCUT2D eigenvalue weighted by Crippen LogP contribution is -1.44. The summed E-state index contributed by atoms with van der Waals surface area (Å²) in [4.78, 5) is 0. The molecule has 6 heavy (non-hydrogen) atoms. The molecule has 0 amide bonds. The minimum atomic E-state index is 0.752. The normalized spacial score (nSPS) is 8.83. The van der Waals surface area contributed by atoms with Gasteiger partial charge in [0, 0.05) is 0 Å². The standard InChI is InChI=1S/C3HBrNO/c4-3-1-5-6-2-3/h2H. The van der Waals surface area contributed by atoms with Gasteiger partial charge >= 0.3 is 0 Å². The molecule has 1 aromatic heterocycles.